The molecule has 1 aromatic rings. The zero-order chi connectivity index (χ0) is 11.3. The maximum Gasteiger partial charge on any atom is 0.313 e. The van der Waals surface area contributed by atoms with E-state index in [0.29, 0.717) is 0 Å². The number of aromatic nitrogens is 2. The van der Waals surface area contributed by atoms with Crippen LogP contribution in [0, 0.1) is 6.92 Å². The van der Waals surface area contributed by atoms with Crippen LogP contribution in [0.3, 0.4) is 0 Å². The minimum absolute atomic E-state index is 0.0652. The first kappa shape index (κ1) is 12.4. The third-order valence-electron chi connectivity index (χ3n) is 1.72. The van der Waals surface area contributed by atoms with Gasteiger partial charge in [-0.05, 0) is 13.2 Å². The molecule has 1 N–H and O–H groups in total. The van der Waals surface area contributed by atoms with E-state index >= 15 is 0 Å². The SMILES string of the molecule is CSCCn1cc(C)nc1SCC(=O)O. The molecule has 1 aromatic heterocycles. The van der Waals surface area contributed by atoms with E-state index in [1.807, 2.05) is 23.9 Å². The number of hydrogen-bond acceptors (Lipinski definition) is 4. The number of hydrogen-bond donors (Lipinski definition) is 1. The van der Waals surface area contributed by atoms with Crippen molar-refractivity contribution in [1.29, 1.82) is 0 Å². The highest BCUT2D eigenvalue weighted by atomic mass is 32.2. The lowest BCUT2D eigenvalue weighted by Crippen LogP contribution is -2.04. The van der Waals surface area contributed by atoms with Crippen LogP contribution in [0.25, 0.3) is 0 Å². The first-order valence-electron chi connectivity index (χ1n) is 4.50. The first-order valence-corrected chi connectivity index (χ1v) is 6.88. The Hall–Kier alpha value is -0.620. The average molecular weight is 246 g/mol. The van der Waals surface area contributed by atoms with Crippen LogP contribution in [0.15, 0.2) is 11.4 Å². The van der Waals surface area contributed by atoms with Crippen molar-refractivity contribution < 1.29 is 9.90 Å². The molecular formula is C9H14N2O2S2. The summed E-state index contributed by atoms with van der Waals surface area (Å²) < 4.78 is 2.01. The number of carboxylic acids is 1. The van der Waals surface area contributed by atoms with Crippen LogP contribution in [-0.4, -0.2) is 38.4 Å². The second-order valence-corrected chi connectivity index (χ2v) is 4.96. The summed E-state index contributed by atoms with van der Waals surface area (Å²) in [7, 11) is 0. The molecule has 0 unspecified atom stereocenters. The molecular weight excluding hydrogens is 232 g/mol. The summed E-state index contributed by atoms with van der Waals surface area (Å²) in [6, 6.07) is 0. The van der Waals surface area contributed by atoms with Gasteiger partial charge in [-0.2, -0.15) is 11.8 Å². The maximum atomic E-state index is 10.4. The minimum atomic E-state index is -0.808. The molecule has 0 radical (unpaired) electrons. The Labute approximate surface area is 97.5 Å². The first-order chi connectivity index (χ1) is 7.13. The van der Waals surface area contributed by atoms with Crippen molar-refractivity contribution in [3.63, 3.8) is 0 Å². The second kappa shape index (κ2) is 6.07. The number of imidazole rings is 1. The van der Waals surface area contributed by atoms with Crippen molar-refractivity contribution in [3.8, 4) is 0 Å². The van der Waals surface area contributed by atoms with Gasteiger partial charge in [0.25, 0.3) is 0 Å². The summed E-state index contributed by atoms with van der Waals surface area (Å²) in [5, 5.41) is 9.38. The van der Waals surface area contributed by atoms with Gasteiger partial charge in [0.2, 0.25) is 0 Å². The van der Waals surface area contributed by atoms with E-state index in [2.05, 4.69) is 4.98 Å². The van der Waals surface area contributed by atoms with E-state index in [9.17, 15) is 4.79 Å². The standard InChI is InChI=1S/C9H14N2O2S2/c1-7-5-11(3-4-14-2)9(10-7)15-6-8(12)13/h5H,3-4,6H2,1-2H3,(H,12,13). The molecule has 1 rings (SSSR count). The third-order valence-corrected chi connectivity index (χ3v) is 3.29. The number of carbonyl (C=O) groups is 1. The summed E-state index contributed by atoms with van der Waals surface area (Å²) in [6.45, 7) is 2.80. The lowest BCUT2D eigenvalue weighted by molar-refractivity contribution is -0.133. The molecule has 84 valence electrons. The van der Waals surface area contributed by atoms with E-state index in [1.165, 1.54) is 11.8 Å². The molecule has 15 heavy (non-hydrogen) atoms. The van der Waals surface area contributed by atoms with E-state index < -0.39 is 5.97 Å². The van der Waals surface area contributed by atoms with Crippen LogP contribution in [0.5, 0.6) is 0 Å². The van der Waals surface area contributed by atoms with Crippen molar-refractivity contribution in [2.24, 2.45) is 0 Å². The van der Waals surface area contributed by atoms with Gasteiger partial charge in [0.05, 0.1) is 11.4 Å². The normalized spacial score (nSPS) is 10.5. The fourth-order valence-electron chi connectivity index (χ4n) is 1.12. The molecule has 0 spiro atoms. The van der Waals surface area contributed by atoms with Crippen LogP contribution < -0.4 is 0 Å². The van der Waals surface area contributed by atoms with Gasteiger partial charge in [0.1, 0.15) is 0 Å². The van der Waals surface area contributed by atoms with Gasteiger partial charge in [0, 0.05) is 18.5 Å². The van der Waals surface area contributed by atoms with Gasteiger partial charge in [-0.15, -0.1) is 0 Å². The second-order valence-electron chi connectivity index (χ2n) is 3.03. The molecule has 1 heterocycles. The summed E-state index contributed by atoms with van der Waals surface area (Å²) in [5.74, 6) is 0.267. The van der Waals surface area contributed by atoms with Crippen LogP contribution >= 0.6 is 23.5 Å². The van der Waals surface area contributed by atoms with Crippen LogP contribution in [0.4, 0.5) is 0 Å². The van der Waals surface area contributed by atoms with Gasteiger partial charge in [-0.3, -0.25) is 4.79 Å². The van der Waals surface area contributed by atoms with Crippen molar-refractivity contribution in [3.05, 3.63) is 11.9 Å². The smallest absolute Gasteiger partial charge is 0.313 e. The Kier molecular flexibility index (Phi) is 5.04. The highest BCUT2D eigenvalue weighted by Crippen LogP contribution is 2.17. The summed E-state index contributed by atoms with van der Waals surface area (Å²) in [4.78, 5) is 14.7. The van der Waals surface area contributed by atoms with E-state index in [4.69, 9.17) is 5.11 Å². The van der Waals surface area contributed by atoms with Crippen LogP contribution in [-0.2, 0) is 11.3 Å². The summed E-state index contributed by atoms with van der Waals surface area (Å²) >= 11 is 3.03. The third kappa shape index (κ3) is 4.17. The lowest BCUT2D eigenvalue weighted by atomic mass is 10.6. The topological polar surface area (TPSA) is 55.1 Å². The zero-order valence-corrected chi connectivity index (χ0v) is 10.4. The monoisotopic (exact) mass is 246 g/mol. The van der Waals surface area contributed by atoms with Gasteiger partial charge >= 0.3 is 5.97 Å². The van der Waals surface area contributed by atoms with Crippen LogP contribution in [0.2, 0.25) is 0 Å². The molecule has 0 saturated heterocycles. The van der Waals surface area contributed by atoms with E-state index in [1.54, 1.807) is 11.8 Å². The van der Waals surface area contributed by atoms with Crippen molar-refractivity contribution in [2.75, 3.05) is 17.8 Å². The molecule has 0 aromatic carbocycles. The molecule has 0 aliphatic carbocycles. The fraction of sp³-hybridized carbons (Fsp3) is 0.556. The lowest BCUT2D eigenvalue weighted by Gasteiger charge is -2.04. The number of rotatable bonds is 6. The predicted octanol–water partition coefficient (Wildman–Crippen LogP) is 1.73. The number of aliphatic carboxylic acids is 1. The molecule has 4 nitrogen and oxygen atoms in total. The number of carboxylic acid groups (broad SMARTS) is 1. The van der Waals surface area contributed by atoms with E-state index in [-0.39, 0.29) is 5.75 Å². The van der Waals surface area contributed by atoms with Crippen molar-refractivity contribution in [2.45, 2.75) is 18.6 Å². The number of nitrogens with zero attached hydrogens (tertiary/aromatic N) is 2. The Morgan fingerprint density at radius 3 is 3.00 bits per heavy atom. The molecule has 0 fully saturated rings. The average Bonchev–Trinajstić information content (AvgIpc) is 2.52. The highest BCUT2D eigenvalue weighted by Gasteiger charge is 2.07. The van der Waals surface area contributed by atoms with Gasteiger partial charge in [0.15, 0.2) is 5.16 Å². The Bertz CT molecular complexity index is 339. The van der Waals surface area contributed by atoms with Crippen molar-refractivity contribution >= 4 is 29.5 Å². The Balaban J connectivity index is 2.63. The van der Waals surface area contributed by atoms with Crippen LogP contribution in [0.1, 0.15) is 5.69 Å². The zero-order valence-electron chi connectivity index (χ0n) is 8.77. The van der Waals surface area contributed by atoms with Crippen molar-refractivity contribution in [1.82, 2.24) is 9.55 Å². The highest BCUT2D eigenvalue weighted by molar-refractivity contribution is 7.99. The fourth-order valence-corrected chi connectivity index (χ4v) is 2.27. The van der Waals surface area contributed by atoms with Gasteiger partial charge < -0.3 is 9.67 Å². The molecule has 0 bridgehead atoms. The molecule has 6 heteroatoms. The summed E-state index contributed by atoms with van der Waals surface area (Å²) in [6.07, 6.45) is 4.01. The van der Waals surface area contributed by atoms with E-state index in [0.717, 1.165) is 23.1 Å². The predicted molar refractivity (Wildman–Crippen MR) is 63.7 cm³/mol. The largest absolute Gasteiger partial charge is 0.481 e. The quantitative estimate of drug-likeness (QED) is 0.775. The molecule has 0 aliphatic rings. The number of thioether (sulfide) groups is 2. The number of aryl methyl sites for hydroxylation is 2. The van der Waals surface area contributed by atoms with Gasteiger partial charge in [-0.25, -0.2) is 4.98 Å². The molecule has 0 saturated carbocycles. The molecule has 0 amide bonds. The van der Waals surface area contributed by atoms with Gasteiger partial charge in [-0.1, -0.05) is 11.8 Å². The molecule has 0 atom stereocenters. The minimum Gasteiger partial charge on any atom is -0.481 e. The Morgan fingerprint density at radius 2 is 2.40 bits per heavy atom. The Morgan fingerprint density at radius 1 is 1.67 bits per heavy atom. The summed E-state index contributed by atoms with van der Waals surface area (Å²) in [5.41, 5.74) is 0.934. The maximum absolute atomic E-state index is 10.4. The molecule has 0 aliphatic heterocycles.